The van der Waals surface area contributed by atoms with Gasteiger partial charge in [-0.05, 0) is 17.7 Å². The number of piperidine rings is 1. The number of halogens is 2. The zero-order chi connectivity index (χ0) is 13.3. The summed E-state index contributed by atoms with van der Waals surface area (Å²) in [6, 6.07) is 3.27. The topological polar surface area (TPSA) is 72.2 Å². The van der Waals surface area contributed by atoms with Gasteiger partial charge in [0, 0.05) is 17.8 Å². The first-order valence-corrected chi connectivity index (χ1v) is 6.12. The van der Waals surface area contributed by atoms with E-state index in [1.165, 1.54) is 0 Å². The number of hydrogen-bond donors (Lipinski definition) is 1. The van der Waals surface area contributed by atoms with Crippen molar-refractivity contribution in [3.05, 3.63) is 43.9 Å². The summed E-state index contributed by atoms with van der Waals surface area (Å²) in [4.78, 5) is 22.0. The molecule has 0 aromatic heterocycles. The molecule has 0 spiro atoms. The highest BCUT2D eigenvalue weighted by Gasteiger charge is 2.38. The molecule has 1 aromatic carbocycles. The van der Waals surface area contributed by atoms with Crippen molar-refractivity contribution in [1.29, 1.82) is 0 Å². The highest BCUT2D eigenvalue weighted by molar-refractivity contribution is 6.42. The minimum atomic E-state index is -0.833. The van der Waals surface area contributed by atoms with Gasteiger partial charge in [0.25, 0.3) is 0 Å². The summed E-state index contributed by atoms with van der Waals surface area (Å²) in [5, 5.41) is 14.3. The minimum absolute atomic E-state index is 0.170. The van der Waals surface area contributed by atoms with Gasteiger partial charge in [0.05, 0.1) is 10.0 Å². The average molecular weight is 289 g/mol. The van der Waals surface area contributed by atoms with Gasteiger partial charge >= 0.3 is 0 Å². The van der Waals surface area contributed by atoms with Crippen LogP contribution in [0.1, 0.15) is 24.4 Å². The largest absolute Gasteiger partial charge is 0.343 e. The number of rotatable bonds is 2. The Labute approximate surface area is 113 Å². The molecule has 1 aromatic rings. The monoisotopic (exact) mass is 288 g/mol. The summed E-state index contributed by atoms with van der Waals surface area (Å²) in [5.41, 5.74) is 0.596. The van der Waals surface area contributed by atoms with Crippen LogP contribution in [-0.2, 0) is 4.79 Å². The second-order valence-corrected chi connectivity index (χ2v) is 4.92. The Bertz CT molecular complexity index is 507. The van der Waals surface area contributed by atoms with Crippen molar-refractivity contribution >= 4 is 29.1 Å². The lowest BCUT2D eigenvalue weighted by molar-refractivity contribution is -0.529. The fourth-order valence-electron chi connectivity index (χ4n) is 2.03. The number of carbonyl (C=O) groups is 1. The predicted octanol–water partition coefficient (Wildman–Crippen LogP) is 2.59. The van der Waals surface area contributed by atoms with E-state index in [2.05, 4.69) is 5.32 Å². The molecule has 0 radical (unpaired) electrons. The molecule has 1 aliphatic heterocycles. The lowest BCUT2D eigenvalue weighted by Crippen LogP contribution is -2.45. The van der Waals surface area contributed by atoms with Crippen LogP contribution in [0, 0.1) is 10.1 Å². The number of carbonyl (C=O) groups excluding carboxylic acids is 1. The number of hydrogen-bond acceptors (Lipinski definition) is 3. The predicted molar refractivity (Wildman–Crippen MR) is 67.4 cm³/mol. The number of benzene rings is 1. The molecule has 0 aliphatic carbocycles. The molecule has 1 aliphatic rings. The van der Waals surface area contributed by atoms with Crippen LogP contribution in [0.25, 0.3) is 0 Å². The second kappa shape index (κ2) is 5.12. The molecule has 0 bridgehead atoms. The molecule has 1 N–H and O–H groups in total. The van der Waals surface area contributed by atoms with Crippen LogP contribution in [0.4, 0.5) is 0 Å². The third-order valence-corrected chi connectivity index (χ3v) is 3.68. The van der Waals surface area contributed by atoms with E-state index in [4.69, 9.17) is 23.2 Å². The van der Waals surface area contributed by atoms with E-state index in [0.717, 1.165) is 0 Å². The van der Waals surface area contributed by atoms with Crippen molar-refractivity contribution in [1.82, 2.24) is 5.32 Å². The highest BCUT2D eigenvalue weighted by atomic mass is 35.5. The average Bonchev–Trinajstić information content (AvgIpc) is 2.32. The Morgan fingerprint density at radius 2 is 2.06 bits per heavy atom. The van der Waals surface area contributed by atoms with Crippen LogP contribution in [-0.4, -0.2) is 16.9 Å². The van der Waals surface area contributed by atoms with Crippen molar-refractivity contribution in [2.75, 3.05) is 0 Å². The Morgan fingerprint density at radius 1 is 1.33 bits per heavy atom. The number of amides is 1. The second-order valence-electron chi connectivity index (χ2n) is 4.11. The van der Waals surface area contributed by atoms with Crippen molar-refractivity contribution < 1.29 is 9.72 Å². The Kier molecular flexibility index (Phi) is 3.73. The zero-order valence-electron chi connectivity index (χ0n) is 9.23. The van der Waals surface area contributed by atoms with Gasteiger partial charge in [-0.1, -0.05) is 29.3 Å². The van der Waals surface area contributed by atoms with Gasteiger partial charge in [-0.2, -0.15) is 0 Å². The minimum Gasteiger partial charge on any atom is -0.343 e. The van der Waals surface area contributed by atoms with Gasteiger partial charge in [0.1, 0.15) is 6.04 Å². The summed E-state index contributed by atoms with van der Waals surface area (Å²) in [7, 11) is 0. The molecule has 1 heterocycles. The first-order valence-electron chi connectivity index (χ1n) is 5.37. The van der Waals surface area contributed by atoms with Gasteiger partial charge in [0.2, 0.25) is 11.9 Å². The molecule has 18 heavy (non-hydrogen) atoms. The van der Waals surface area contributed by atoms with E-state index in [1.54, 1.807) is 18.2 Å². The van der Waals surface area contributed by atoms with Gasteiger partial charge in [0.15, 0.2) is 0 Å². The Morgan fingerprint density at radius 3 is 2.67 bits per heavy atom. The fraction of sp³-hybridized carbons (Fsp3) is 0.364. The summed E-state index contributed by atoms with van der Waals surface area (Å²) < 4.78 is 0. The first kappa shape index (κ1) is 13.1. The first-order chi connectivity index (χ1) is 8.49. The maximum atomic E-state index is 11.4. The van der Waals surface area contributed by atoms with Crippen LogP contribution in [0.3, 0.4) is 0 Å². The summed E-state index contributed by atoms with van der Waals surface area (Å²) in [6.07, 6.45) is 0.396. The lowest BCUT2D eigenvalue weighted by Gasteiger charge is -2.26. The van der Waals surface area contributed by atoms with Crippen LogP contribution < -0.4 is 5.32 Å². The quantitative estimate of drug-likeness (QED) is 0.671. The number of nitrogens with one attached hydrogen (secondary N) is 1. The molecule has 96 valence electrons. The molecule has 2 rings (SSSR count). The standard InChI is InChI=1S/C11H10Cl2N2O3/c12-7-2-1-6(5-8(7)13)11-9(15(17)18)3-4-10(16)14-11/h1-2,5,9,11H,3-4H2,(H,14,16). The molecule has 7 heteroatoms. The molecule has 1 fully saturated rings. The van der Waals surface area contributed by atoms with Crippen LogP contribution in [0.15, 0.2) is 18.2 Å². The van der Waals surface area contributed by atoms with Gasteiger partial charge in [-0.3, -0.25) is 14.9 Å². The molecule has 1 saturated heterocycles. The zero-order valence-corrected chi connectivity index (χ0v) is 10.7. The fourth-order valence-corrected chi connectivity index (χ4v) is 2.33. The summed E-state index contributed by atoms with van der Waals surface area (Å²) in [5.74, 6) is -0.191. The third kappa shape index (κ3) is 2.57. The van der Waals surface area contributed by atoms with Crippen molar-refractivity contribution in [3.63, 3.8) is 0 Å². The maximum Gasteiger partial charge on any atom is 0.237 e. The van der Waals surface area contributed by atoms with Gasteiger partial charge in [-0.25, -0.2) is 0 Å². The lowest BCUT2D eigenvalue weighted by atomic mass is 9.92. The van der Waals surface area contributed by atoms with Crippen molar-refractivity contribution in [2.24, 2.45) is 0 Å². The summed E-state index contributed by atoms with van der Waals surface area (Å²) >= 11 is 11.7. The van der Waals surface area contributed by atoms with E-state index in [1.807, 2.05) is 0 Å². The highest BCUT2D eigenvalue weighted by Crippen LogP contribution is 2.30. The molecule has 1 amide bonds. The Balaban J connectivity index is 2.34. The van der Waals surface area contributed by atoms with E-state index in [0.29, 0.717) is 15.6 Å². The van der Waals surface area contributed by atoms with Gasteiger partial charge < -0.3 is 5.32 Å². The van der Waals surface area contributed by atoms with Crippen molar-refractivity contribution in [2.45, 2.75) is 24.9 Å². The molecular formula is C11H10Cl2N2O3. The van der Waals surface area contributed by atoms with E-state index >= 15 is 0 Å². The maximum absolute atomic E-state index is 11.4. The number of nitrogens with zero attached hydrogens (tertiary/aromatic N) is 1. The molecule has 2 unspecified atom stereocenters. The van der Waals surface area contributed by atoms with Crippen molar-refractivity contribution in [3.8, 4) is 0 Å². The third-order valence-electron chi connectivity index (χ3n) is 2.94. The van der Waals surface area contributed by atoms with Crippen LogP contribution in [0.2, 0.25) is 10.0 Å². The Hall–Kier alpha value is -1.33. The molecule has 0 saturated carbocycles. The molecular weight excluding hydrogens is 279 g/mol. The van der Waals surface area contributed by atoms with Crippen LogP contribution in [0.5, 0.6) is 0 Å². The van der Waals surface area contributed by atoms with E-state index in [-0.39, 0.29) is 23.7 Å². The van der Waals surface area contributed by atoms with E-state index < -0.39 is 12.1 Å². The van der Waals surface area contributed by atoms with Crippen LogP contribution >= 0.6 is 23.2 Å². The summed E-state index contributed by atoms with van der Waals surface area (Å²) in [6.45, 7) is 0. The smallest absolute Gasteiger partial charge is 0.237 e. The normalized spacial score (nSPS) is 23.6. The van der Waals surface area contributed by atoms with E-state index in [9.17, 15) is 14.9 Å². The molecule has 2 atom stereocenters. The van der Waals surface area contributed by atoms with Gasteiger partial charge in [-0.15, -0.1) is 0 Å². The SMILES string of the molecule is O=C1CCC([N+](=O)[O-])C(c2ccc(Cl)c(Cl)c2)N1. The number of nitro groups is 1. The molecule has 5 nitrogen and oxygen atoms in total.